The third kappa shape index (κ3) is 3.42. The summed E-state index contributed by atoms with van der Waals surface area (Å²) in [5, 5.41) is 4.10. The SMILES string of the molecule is COC(c1nsc(NC(C)C)n1)C(C)(C)C. The van der Waals surface area contributed by atoms with Gasteiger partial charge in [0.05, 0.1) is 0 Å². The van der Waals surface area contributed by atoms with Gasteiger partial charge in [0, 0.05) is 24.7 Å². The average Bonchev–Trinajstić information content (AvgIpc) is 2.50. The molecule has 0 spiro atoms. The summed E-state index contributed by atoms with van der Waals surface area (Å²) in [6, 6.07) is 0.372. The van der Waals surface area contributed by atoms with Gasteiger partial charge in [0.1, 0.15) is 6.10 Å². The molecule has 0 fully saturated rings. The summed E-state index contributed by atoms with van der Waals surface area (Å²) in [7, 11) is 1.70. The van der Waals surface area contributed by atoms with Gasteiger partial charge in [-0.25, -0.2) is 4.98 Å². The molecule has 0 amide bonds. The monoisotopic (exact) mass is 243 g/mol. The molecule has 1 aromatic heterocycles. The van der Waals surface area contributed by atoms with Crippen molar-refractivity contribution in [2.24, 2.45) is 5.41 Å². The Morgan fingerprint density at radius 3 is 2.38 bits per heavy atom. The number of nitrogens with zero attached hydrogens (tertiary/aromatic N) is 2. The third-order valence-corrected chi connectivity index (χ3v) is 2.77. The van der Waals surface area contributed by atoms with Gasteiger partial charge in [-0.2, -0.15) is 4.37 Å². The molecule has 92 valence electrons. The second kappa shape index (κ2) is 5.10. The lowest BCUT2D eigenvalue weighted by atomic mass is 9.88. The van der Waals surface area contributed by atoms with Crippen molar-refractivity contribution in [1.29, 1.82) is 0 Å². The van der Waals surface area contributed by atoms with E-state index >= 15 is 0 Å². The second-order valence-corrected chi connectivity index (χ2v) is 5.99. The van der Waals surface area contributed by atoms with Gasteiger partial charge in [-0.3, -0.25) is 0 Å². The van der Waals surface area contributed by atoms with Crippen molar-refractivity contribution in [3.05, 3.63) is 5.82 Å². The number of rotatable bonds is 4. The van der Waals surface area contributed by atoms with Crippen molar-refractivity contribution in [3.8, 4) is 0 Å². The van der Waals surface area contributed by atoms with Crippen LogP contribution in [-0.4, -0.2) is 22.5 Å². The van der Waals surface area contributed by atoms with Gasteiger partial charge in [-0.15, -0.1) is 0 Å². The molecule has 0 saturated heterocycles. The molecule has 0 aromatic carbocycles. The lowest BCUT2D eigenvalue weighted by Crippen LogP contribution is -2.21. The fourth-order valence-corrected chi connectivity index (χ4v) is 2.23. The van der Waals surface area contributed by atoms with Crippen LogP contribution in [0.3, 0.4) is 0 Å². The van der Waals surface area contributed by atoms with E-state index in [2.05, 4.69) is 49.3 Å². The lowest BCUT2D eigenvalue weighted by molar-refractivity contribution is 0.00959. The summed E-state index contributed by atoms with van der Waals surface area (Å²) >= 11 is 1.39. The maximum Gasteiger partial charge on any atom is 0.202 e. The number of anilines is 1. The first-order valence-electron chi connectivity index (χ1n) is 5.47. The molecule has 1 heterocycles. The average molecular weight is 243 g/mol. The van der Waals surface area contributed by atoms with E-state index in [4.69, 9.17) is 4.74 Å². The highest BCUT2D eigenvalue weighted by Crippen LogP contribution is 2.35. The molecular weight excluding hydrogens is 222 g/mol. The van der Waals surface area contributed by atoms with Gasteiger partial charge in [0.25, 0.3) is 0 Å². The largest absolute Gasteiger partial charge is 0.373 e. The van der Waals surface area contributed by atoms with Crippen LogP contribution in [-0.2, 0) is 4.74 Å². The van der Waals surface area contributed by atoms with Crippen LogP contribution in [0.5, 0.6) is 0 Å². The van der Waals surface area contributed by atoms with Crippen molar-refractivity contribution < 1.29 is 4.74 Å². The number of hydrogen-bond donors (Lipinski definition) is 1. The van der Waals surface area contributed by atoms with Crippen LogP contribution in [0.4, 0.5) is 5.13 Å². The van der Waals surface area contributed by atoms with E-state index in [-0.39, 0.29) is 11.5 Å². The van der Waals surface area contributed by atoms with E-state index in [1.165, 1.54) is 11.5 Å². The Kier molecular flexibility index (Phi) is 4.27. The zero-order chi connectivity index (χ0) is 12.3. The van der Waals surface area contributed by atoms with Crippen LogP contribution in [0.15, 0.2) is 0 Å². The molecule has 5 heteroatoms. The molecule has 0 aliphatic carbocycles. The maximum absolute atomic E-state index is 5.47. The maximum atomic E-state index is 5.47. The molecule has 0 radical (unpaired) electrons. The number of nitrogens with one attached hydrogen (secondary N) is 1. The first-order chi connectivity index (χ1) is 7.34. The Morgan fingerprint density at radius 2 is 1.94 bits per heavy atom. The zero-order valence-electron chi connectivity index (χ0n) is 10.9. The normalized spacial score (nSPS) is 14.2. The molecule has 1 atom stereocenters. The zero-order valence-corrected chi connectivity index (χ0v) is 11.7. The predicted molar refractivity (Wildman–Crippen MR) is 67.9 cm³/mol. The van der Waals surface area contributed by atoms with Gasteiger partial charge < -0.3 is 10.1 Å². The molecule has 0 bridgehead atoms. The Hall–Kier alpha value is -0.680. The van der Waals surface area contributed by atoms with Gasteiger partial charge in [-0.1, -0.05) is 20.8 Å². The number of methoxy groups -OCH3 is 1. The number of ether oxygens (including phenoxy) is 1. The quantitative estimate of drug-likeness (QED) is 0.882. The third-order valence-electron chi connectivity index (χ3n) is 2.11. The van der Waals surface area contributed by atoms with Crippen molar-refractivity contribution in [3.63, 3.8) is 0 Å². The highest BCUT2D eigenvalue weighted by atomic mass is 32.1. The summed E-state index contributed by atoms with van der Waals surface area (Å²) in [6.07, 6.45) is -0.0635. The van der Waals surface area contributed by atoms with Crippen molar-refractivity contribution in [2.45, 2.75) is 46.8 Å². The minimum atomic E-state index is -0.0635. The van der Waals surface area contributed by atoms with Crippen LogP contribution in [0.25, 0.3) is 0 Å². The van der Waals surface area contributed by atoms with E-state index in [9.17, 15) is 0 Å². The van der Waals surface area contributed by atoms with Gasteiger partial charge in [-0.05, 0) is 19.3 Å². The fraction of sp³-hybridized carbons (Fsp3) is 0.818. The molecule has 1 aromatic rings. The van der Waals surface area contributed by atoms with Crippen LogP contribution in [0.1, 0.15) is 46.5 Å². The molecule has 1 unspecified atom stereocenters. The number of aromatic nitrogens is 2. The molecule has 0 aliphatic rings. The Bertz CT molecular complexity index is 330. The lowest BCUT2D eigenvalue weighted by Gasteiger charge is -2.26. The van der Waals surface area contributed by atoms with E-state index in [1.54, 1.807) is 7.11 Å². The molecule has 16 heavy (non-hydrogen) atoms. The summed E-state index contributed by atoms with van der Waals surface area (Å²) in [4.78, 5) is 4.46. The molecule has 0 aliphatic heterocycles. The predicted octanol–water partition coefficient (Wildman–Crippen LogP) is 3.09. The molecule has 0 saturated carbocycles. The van der Waals surface area contributed by atoms with Crippen molar-refractivity contribution in [1.82, 2.24) is 9.36 Å². The first kappa shape index (κ1) is 13.4. The smallest absolute Gasteiger partial charge is 0.202 e. The Labute approximate surface area is 102 Å². The topological polar surface area (TPSA) is 47.0 Å². The summed E-state index contributed by atoms with van der Waals surface area (Å²) < 4.78 is 9.82. The van der Waals surface area contributed by atoms with Gasteiger partial charge >= 0.3 is 0 Å². The van der Waals surface area contributed by atoms with Gasteiger partial charge in [0.2, 0.25) is 5.13 Å². The van der Waals surface area contributed by atoms with Gasteiger partial charge in [0.15, 0.2) is 5.82 Å². The fourth-order valence-electron chi connectivity index (χ4n) is 1.49. The van der Waals surface area contributed by atoms with Crippen molar-refractivity contribution in [2.75, 3.05) is 12.4 Å². The second-order valence-electron chi connectivity index (χ2n) is 5.24. The van der Waals surface area contributed by atoms with E-state index in [1.807, 2.05) is 0 Å². The van der Waals surface area contributed by atoms with E-state index in [0.29, 0.717) is 6.04 Å². The van der Waals surface area contributed by atoms with E-state index < -0.39 is 0 Å². The molecule has 1 N–H and O–H groups in total. The highest BCUT2D eigenvalue weighted by Gasteiger charge is 2.29. The first-order valence-corrected chi connectivity index (χ1v) is 6.25. The number of hydrogen-bond acceptors (Lipinski definition) is 5. The standard InChI is InChI=1S/C11H21N3OS/c1-7(2)12-10-13-9(14-16-10)8(15-6)11(3,4)5/h7-8H,1-6H3,(H,12,13,14). The Balaban J connectivity index is 2.83. The minimum Gasteiger partial charge on any atom is -0.373 e. The molecular formula is C11H21N3OS. The van der Waals surface area contributed by atoms with Crippen molar-refractivity contribution >= 4 is 16.7 Å². The van der Waals surface area contributed by atoms with Crippen LogP contribution in [0.2, 0.25) is 0 Å². The van der Waals surface area contributed by atoms with Crippen LogP contribution < -0.4 is 5.32 Å². The summed E-state index contributed by atoms with van der Waals surface area (Å²) in [6.45, 7) is 10.5. The van der Waals surface area contributed by atoms with Crippen LogP contribution >= 0.6 is 11.5 Å². The Morgan fingerprint density at radius 1 is 1.31 bits per heavy atom. The summed E-state index contributed by atoms with van der Waals surface area (Å²) in [5.74, 6) is 0.767. The molecule has 1 rings (SSSR count). The van der Waals surface area contributed by atoms with Crippen LogP contribution in [0, 0.1) is 5.41 Å². The summed E-state index contributed by atoms with van der Waals surface area (Å²) in [5.41, 5.74) is 0.00488. The van der Waals surface area contributed by atoms with E-state index in [0.717, 1.165) is 11.0 Å². The molecule has 4 nitrogen and oxygen atoms in total. The highest BCUT2D eigenvalue weighted by molar-refractivity contribution is 7.09. The minimum absolute atomic E-state index is 0.00488.